The first-order valence-electron chi connectivity index (χ1n) is 5.01. The van der Waals surface area contributed by atoms with Gasteiger partial charge in [-0.1, -0.05) is 13.8 Å². The van der Waals surface area contributed by atoms with Gasteiger partial charge in [-0.05, 0) is 18.6 Å². The Bertz CT molecular complexity index is 407. The molecule has 0 aliphatic heterocycles. The Morgan fingerprint density at radius 1 is 1.50 bits per heavy atom. The third-order valence-electron chi connectivity index (χ3n) is 2.44. The van der Waals surface area contributed by atoms with Gasteiger partial charge in [0.05, 0.1) is 5.69 Å². The molecule has 0 aliphatic rings. The van der Waals surface area contributed by atoms with Gasteiger partial charge < -0.3 is 11.1 Å². The highest BCUT2D eigenvalue weighted by atomic mass is 19.2. The molecule has 1 aromatic rings. The second-order valence-corrected chi connectivity index (χ2v) is 3.62. The molecule has 1 atom stereocenters. The Kier molecular flexibility index (Phi) is 3.82. The number of nitrogens with two attached hydrogens (primary N) is 1. The average Bonchev–Trinajstić information content (AvgIpc) is 2.28. The van der Waals surface area contributed by atoms with E-state index in [0.29, 0.717) is 6.42 Å². The van der Waals surface area contributed by atoms with Crippen molar-refractivity contribution in [3.05, 3.63) is 23.8 Å². The summed E-state index contributed by atoms with van der Waals surface area (Å²) < 4.78 is 26.2. The van der Waals surface area contributed by atoms with E-state index in [4.69, 9.17) is 5.73 Å². The van der Waals surface area contributed by atoms with Crippen molar-refractivity contribution in [3.63, 3.8) is 0 Å². The van der Waals surface area contributed by atoms with Crippen molar-refractivity contribution in [3.8, 4) is 0 Å². The van der Waals surface area contributed by atoms with E-state index in [0.717, 1.165) is 6.07 Å². The fraction of sp³-hybridized carbons (Fsp3) is 0.364. The minimum absolute atomic E-state index is 0.00977. The molecule has 0 heterocycles. The van der Waals surface area contributed by atoms with E-state index in [1.54, 1.807) is 6.92 Å². The lowest BCUT2D eigenvalue weighted by Gasteiger charge is -2.12. The van der Waals surface area contributed by atoms with Gasteiger partial charge in [0.25, 0.3) is 0 Å². The zero-order chi connectivity index (χ0) is 12.3. The van der Waals surface area contributed by atoms with Gasteiger partial charge in [0.1, 0.15) is 5.69 Å². The van der Waals surface area contributed by atoms with Gasteiger partial charge in [-0.3, -0.25) is 4.79 Å². The molecule has 0 spiro atoms. The number of carbonyl (C=O) groups excluding carboxylic acids is 1. The molecule has 0 aromatic heterocycles. The van der Waals surface area contributed by atoms with E-state index in [1.165, 1.54) is 6.07 Å². The minimum atomic E-state index is -1.13. The number of anilines is 2. The molecule has 0 saturated heterocycles. The summed E-state index contributed by atoms with van der Waals surface area (Å²) in [7, 11) is 0. The van der Waals surface area contributed by atoms with Crippen LogP contribution in [0.4, 0.5) is 20.2 Å². The predicted octanol–water partition coefficient (Wildman–Crippen LogP) is 2.53. The summed E-state index contributed by atoms with van der Waals surface area (Å²) in [5, 5.41) is 2.29. The van der Waals surface area contributed by atoms with Gasteiger partial charge in [0, 0.05) is 5.92 Å². The minimum Gasteiger partial charge on any atom is -0.397 e. The maximum atomic E-state index is 13.3. The van der Waals surface area contributed by atoms with Crippen LogP contribution >= 0.6 is 0 Å². The van der Waals surface area contributed by atoms with Gasteiger partial charge in [0.15, 0.2) is 11.6 Å². The van der Waals surface area contributed by atoms with E-state index < -0.39 is 11.6 Å². The van der Waals surface area contributed by atoms with Gasteiger partial charge in [-0.25, -0.2) is 8.78 Å². The number of hydrogen-bond acceptors (Lipinski definition) is 2. The van der Waals surface area contributed by atoms with Gasteiger partial charge in [0.2, 0.25) is 5.91 Å². The van der Waals surface area contributed by atoms with Crippen molar-refractivity contribution < 1.29 is 13.6 Å². The van der Waals surface area contributed by atoms with Crippen LogP contribution in [0.2, 0.25) is 0 Å². The zero-order valence-corrected chi connectivity index (χ0v) is 9.18. The highest BCUT2D eigenvalue weighted by molar-refractivity contribution is 5.95. The van der Waals surface area contributed by atoms with Crippen LogP contribution in [0.3, 0.4) is 0 Å². The van der Waals surface area contributed by atoms with Crippen LogP contribution in [0, 0.1) is 17.6 Å². The van der Waals surface area contributed by atoms with Crippen molar-refractivity contribution in [2.75, 3.05) is 11.1 Å². The first-order valence-corrected chi connectivity index (χ1v) is 5.01. The van der Waals surface area contributed by atoms with E-state index in [2.05, 4.69) is 5.32 Å². The molecular formula is C11H14F2N2O. The largest absolute Gasteiger partial charge is 0.397 e. The van der Waals surface area contributed by atoms with Crippen molar-refractivity contribution in [2.45, 2.75) is 20.3 Å². The Hall–Kier alpha value is -1.65. The summed E-state index contributed by atoms with van der Waals surface area (Å²) in [4.78, 5) is 11.5. The molecule has 0 aliphatic carbocycles. The normalized spacial score (nSPS) is 12.2. The van der Waals surface area contributed by atoms with Crippen LogP contribution in [0.1, 0.15) is 20.3 Å². The molecule has 88 valence electrons. The topological polar surface area (TPSA) is 55.1 Å². The summed E-state index contributed by atoms with van der Waals surface area (Å²) in [6.07, 6.45) is 0.614. The smallest absolute Gasteiger partial charge is 0.227 e. The standard InChI is InChI=1S/C11H14F2N2O/c1-3-6(2)11(16)15-10-8(14)5-4-7(12)9(10)13/h4-6H,3,14H2,1-2H3,(H,15,16). The van der Waals surface area contributed by atoms with E-state index in [9.17, 15) is 13.6 Å². The van der Waals surface area contributed by atoms with Crippen LogP contribution in [0.5, 0.6) is 0 Å². The summed E-state index contributed by atoms with van der Waals surface area (Å²) in [5.41, 5.74) is 5.18. The molecule has 1 unspecified atom stereocenters. The van der Waals surface area contributed by atoms with Crippen LogP contribution < -0.4 is 11.1 Å². The summed E-state index contributed by atoms with van der Waals surface area (Å²) in [6, 6.07) is 2.13. The number of rotatable bonds is 3. The molecule has 1 rings (SSSR count). The lowest BCUT2D eigenvalue weighted by atomic mass is 10.1. The highest BCUT2D eigenvalue weighted by Crippen LogP contribution is 2.25. The number of benzene rings is 1. The second-order valence-electron chi connectivity index (χ2n) is 3.62. The Labute approximate surface area is 92.6 Å². The summed E-state index contributed by atoms with van der Waals surface area (Å²) in [5.74, 6) is -2.81. The van der Waals surface area contributed by atoms with Crippen molar-refractivity contribution in [1.82, 2.24) is 0 Å². The molecule has 0 bridgehead atoms. The molecule has 0 radical (unpaired) electrons. The van der Waals surface area contributed by atoms with Crippen molar-refractivity contribution in [1.29, 1.82) is 0 Å². The summed E-state index contributed by atoms with van der Waals surface area (Å²) in [6.45, 7) is 3.53. The zero-order valence-electron chi connectivity index (χ0n) is 9.18. The van der Waals surface area contributed by atoms with Gasteiger partial charge in [-0.15, -0.1) is 0 Å². The van der Waals surface area contributed by atoms with Crippen LogP contribution in [0.15, 0.2) is 12.1 Å². The fourth-order valence-corrected chi connectivity index (χ4v) is 1.12. The number of nitrogen functional groups attached to an aromatic ring is 1. The molecule has 3 N–H and O–H groups in total. The predicted molar refractivity (Wildman–Crippen MR) is 58.9 cm³/mol. The molecule has 1 amide bonds. The van der Waals surface area contributed by atoms with E-state index >= 15 is 0 Å². The molecule has 0 saturated carbocycles. The van der Waals surface area contributed by atoms with Crippen LogP contribution in [0.25, 0.3) is 0 Å². The SMILES string of the molecule is CCC(C)C(=O)Nc1c(N)ccc(F)c1F. The second kappa shape index (κ2) is 4.92. The number of nitrogens with one attached hydrogen (secondary N) is 1. The van der Waals surface area contributed by atoms with Crippen molar-refractivity contribution in [2.24, 2.45) is 5.92 Å². The van der Waals surface area contributed by atoms with Gasteiger partial charge in [-0.2, -0.15) is 0 Å². The molecule has 1 aromatic carbocycles. The lowest BCUT2D eigenvalue weighted by molar-refractivity contribution is -0.119. The number of amides is 1. The molecule has 16 heavy (non-hydrogen) atoms. The van der Waals surface area contributed by atoms with E-state index in [1.807, 2.05) is 6.92 Å². The fourth-order valence-electron chi connectivity index (χ4n) is 1.12. The average molecular weight is 228 g/mol. The molecule has 5 heteroatoms. The van der Waals surface area contributed by atoms with Crippen LogP contribution in [-0.2, 0) is 4.79 Å². The highest BCUT2D eigenvalue weighted by Gasteiger charge is 2.17. The lowest BCUT2D eigenvalue weighted by Crippen LogP contribution is -2.21. The Morgan fingerprint density at radius 2 is 2.12 bits per heavy atom. The molecule has 0 fully saturated rings. The first kappa shape index (κ1) is 12.4. The molecular weight excluding hydrogens is 214 g/mol. The van der Waals surface area contributed by atoms with Crippen LogP contribution in [-0.4, -0.2) is 5.91 Å². The maximum Gasteiger partial charge on any atom is 0.227 e. The summed E-state index contributed by atoms with van der Waals surface area (Å²) >= 11 is 0. The first-order chi connectivity index (χ1) is 7.47. The third kappa shape index (κ3) is 2.48. The number of hydrogen-bond donors (Lipinski definition) is 2. The van der Waals surface area contributed by atoms with Crippen molar-refractivity contribution >= 4 is 17.3 Å². The van der Waals surface area contributed by atoms with E-state index in [-0.39, 0.29) is 23.2 Å². The third-order valence-corrected chi connectivity index (χ3v) is 2.44. The Balaban J connectivity index is 2.97. The number of halogens is 2. The monoisotopic (exact) mass is 228 g/mol. The maximum absolute atomic E-state index is 13.3. The number of carbonyl (C=O) groups is 1. The van der Waals surface area contributed by atoms with Gasteiger partial charge >= 0.3 is 0 Å². The Morgan fingerprint density at radius 3 is 2.69 bits per heavy atom. The molecule has 3 nitrogen and oxygen atoms in total. The quantitative estimate of drug-likeness (QED) is 0.781.